The molecule has 0 aliphatic rings. The van der Waals surface area contributed by atoms with Gasteiger partial charge in [0.05, 0.1) is 39.9 Å². The van der Waals surface area contributed by atoms with Crippen LogP contribution in [0.3, 0.4) is 0 Å². The van der Waals surface area contributed by atoms with Crippen molar-refractivity contribution in [1.82, 2.24) is 5.32 Å². The highest BCUT2D eigenvalue weighted by atomic mass is 31.2. The lowest BCUT2D eigenvalue weighted by Gasteiger charge is -2.25. The number of rotatable bonds is 38. The van der Waals surface area contributed by atoms with Crippen molar-refractivity contribution < 1.29 is 32.9 Å². The number of aliphatic hydroxyl groups excluding tert-OH is 1. The van der Waals surface area contributed by atoms with E-state index in [-0.39, 0.29) is 19.1 Å². The topological polar surface area (TPSA) is 105 Å². The van der Waals surface area contributed by atoms with Gasteiger partial charge in [-0.25, -0.2) is 4.57 Å². The molecule has 0 saturated carbocycles. The van der Waals surface area contributed by atoms with Crippen LogP contribution >= 0.6 is 7.82 Å². The smallest absolute Gasteiger partial charge is 0.387 e. The third-order valence-corrected chi connectivity index (χ3v) is 9.98. The lowest BCUT2D eigenvalue weighted by Crippen LogP contribution is -2.45. The summed E-state index contributed by atoms with van der Waals surface area (Å²) in [4.78, 5) is 23.0. The van der Waals surface area contributed by atoms with Gasteiger partial charge in [-0.15, -0.1) is 0 Å². The van der Waals surface area contributed by atoms with Crippen LogP contribution in [-0.2, 0) is 18.4 Å². The summed E-state index contributed by atoms with van der Waals surface area (Å²) in [6.45, 7) is 4.58. The summed E-state index contributed by atoms with van der Waals surface area (Å²) in [5.41, 5.74) is 0. The fraction of sp³-hybridized carbons (Fsp3) is 0.612. The molecule has 0 aromatic heterocycles. The molecule has 0 radical (unpaired) electrons. The molecule has 0 aromatic rings. The Balaban J connectivity index is 4.25. The number of hydrogen-bond acceptors (Lipinski definition) is 5. The Hall–Kier alpha value is -2.84. The molecule has 3 unspecified atom stereocenters. The van der Waals surface area contributed by atoms with Crippen molar-refractivity contribution in [3.63, 3.8) is 0 Å². The van der Waals surface area contributed by atoms with Crippen molar-refractivity contribution in [2.75, 3.05) is 40.9 Å². The van der Waals surface area contributed by atoms with Gasteiger partial charge in [0.1, 0.15) is 13.2 Å². The number of aliphatic hydroxyl groups is 1. The van der Waals surface area contributed by atoms with Gasteiger partial charge >= 0.3 is 7.82 Å². The van der Waals surface area contributed by atoms with E-state index < -0.39 is 20.0 Å². The predicted octanol–water partition coefficient (Wildman–Crippen LogP) is 12.5. The fourth-order valence-electron chi connectivity index (χ4n) is 5.46. The SMILES string of the molecule is CC/C=C\C/C=C\C/C=C\C/C=C\C/C=C\C/C=C\C/C=C\C/C=C\CCCCCCC(=O)NC(COP(=O)(O)OCC[N+](C)(C)C)C(O)/C=C/CCCCCCC. The molecule has 0 spiro atoms. The minimum atomic E-state index is -4.34. The summed E-state index contributed by atoms with van der Waals surface area (Å²) < 4.78 is 23.4. The van der Waals surface area contributed by atoms with E-state index in [9.17, 15) is 19.4 Å². The average Bonchev–Trinajstić information content (AvgIpc) is 3.17. The summed E-state index contributed by atoms with van der Waals surface area (Å²) in [6, 6.07) is -0.865. The zero-order chi connectivity index (χ0) is 42.8. The average molecular weight is 828 g/mol. The Labute approximate surface area is 355 Å². The second kappa shape index (κ2) is 39.6. The molecule has 0 saturated heterocycles. The summed E-state index contributed by atoms with van der Waals surface area (Å²) in [5, 5.41) is 13.7. The first-order valence-corrected chi connectivity index (χ1v) is 23.8. The molecule has 0 aromatic carbocycles. The van der Waals surface area contributed by atoms with Crippen molar-refractivity contribution >= 4 is 13.7 Å². The highest BCUT2D eigenvalue weighted by Crippen LogP contribution is 2.43. The number of phosphoric ester groups is 1. The van der Waals surface area contributed by atoms with Gasteiger partial charge in [-0.2, -0.15) is 0 Å². The third kappa shape index (κ3) is 41.3. The molecular weight excluding hydrogens is 744 g/mol. The van der Waals surface area contributed by atoms with Crippen LogP contribution in [0.25, 0.3) is 0 Å². The van der Waals surface area contributed by atoms with E-state index in [4.69, 9.17) is 9.05 Å². The lowest BCUT2D eigenvalue weighted by molar-refractivity contribution is -0.870. The number of carbonyl (C=O) groups is 1. The van der Waals surface area contributed by atoms with Gasteiger partial charge in [0.2, 0.25) is 5.91 Å². The lowest BCUT2D eigenvalue weighted by atomic mass is 10.1. The van der Waals surface area contributed by atoms with Gasteiger partial charge in [0.25, 0.3) is 0 Å². The van der Waals surface area contributed by atoms with Crippen molar-refractivity contribution in [2.24, 2.45) is 0 Å². The van der Waals surface area contributed by atoms with Crippen LogP contribution in [0.1, 0.15) is 142 Å². The van der Waals surface area contributed by atoms with Crippen molar-refractivity contribution in [3.05, 3.63) is 109 Å². The van der Waals surface area contributed by atoms with E-state index in [1.807, 2.05) is 27.2 Å². The van der Waals surface area contributed by atoms with Crippen molar-refractivity contribution in [3.8, 4) is 0 Å². The second-order valence-corrected chi connectivity index (χ2v) is 17.1. The van der Waals surface area contributed by atoms with Crippen LogP contribution in [0.15, 0.2) is 109 Å². The molecule has 0 bridgehead atoms. The van der Waals surface area contributed by atoms with Crippen molar-refractivity contribution in [2.45, 2.75) is 154 Å². The van der Waals surface area contributed by atoms with Gasteiger partial charge in [0.15, 0.2) is 0 Å². The molecule has 3 N–H and O–H groups in total. The van der Waals surface area contributed by atoms with E-state index in [1.165, 1.54) is 19.3 Å². The molecule has 3 atom stereocenters. The maximum atomic E-state index is 12.8. The minimum Gasteiger partial charge on any atom is -0.387 e. The molecule has 9 heteroatoms. The summed E-state index contributed by atoms with van der Waals surface area (Å²) in [7, 11) is 1.53. The van der Waals surface area contributed by atoms with Crippen molar-refractivity contribution in [1.29, 1.82) is 0 Å². The second-order valence-electron chi connectivity index (χ2n) is 15.7. The van der Waals surface area contributed by atoms with E-state index in [2.05, 4.69) is 116 Å². The van der Waals surface area contributed by atoms with Gasteiger partial charge < -0.3 is 19.8 Å². The number of hydrogen-bond donors (Lipinski definition) is 3. The normalized spacial score (nSPS) is 15.4. The number of allylic oxidation sites excluding steroid dienone is 17. The Morgan fingerprint density at radius 2 is 1.03 bits per heavy atom. The molecular formula is C49H84N2O6P+. The number of unbranched alkanes of at least 4 members (excludes halogenated alkanes) is 9. The number of phosphoric acid groups is 1. The molecule has 0 aliphatic heterocycles. The molecule has 1 amide bonds. The molecule has 0 rings (SSSR count). The standard InChI is InChI=1S/C49H83N2O6P/c1-6-8-10-12-14-15-16-17-18-19-20-21-22-23-24-25-26-27-28-29-30-31-32-33-34-35-37-39-41-43-49(53)50-47(48(52)42-40-38-36-13-11-9-7-2)46-57-58(54,55)56-45-44-51(3,4)5/h8,10,14-15,17-18,20-21,23-24,26-27,29-30,32-33,40,42,47-48,52H,6-7,9,11-13,16,19,22,25,28,31,34-39,41,43-46H2,1-5H3,(H-,50,53,54,55)/p+1/b10-8-,15-14-,18-17-,21-20-,24-23-,27-26-,30-29-,33-32-,42-40+. The first-order valence-electron chi connectivity index (χ1n) is 22.3. The van der Waals surface area contributed by atoms with E-state index in [1.54, 1.807) is 6.08 Å². The van der Waals surface area contributed by atoms with Gasteiger partial charge in [-0.1, -0.05) is 162 Å². The van der Waals surface area contributed by atoms with Crippen LogP contribution in [0.2, 0.25) is 0 Å². The van der Waals surface area contributed by atoms with Gasteiger partial charge in [-0.3, -0.25) is 13.8 Å². The van der Waals surface area contributed by atoms with Crippen LogP contribution in [-0.4, -0.2) is 73.4 Å². The number of nitrogens with zero attached hydrogens (tertiary/aromatic N) is 1. The van der Waals surface area contributed by atoms with E-state index in [0.29, 0.717) is 17.4 Å². The molecule has 0 aliphatic carbocycles. The number of likely N-dealkylation sites (N-methyl/N-ethyl adjacent to an activating group) is 1. The Bertz CT molecular complexity index is 1300. The van der Waals surface area contributed by atoms with Crippen LogP contribution in [0, 0.1) is 0 Å². The molecule has 0 heterocycles. The Morgan fingerprint density at radius 1 is 0.603 bits per heavy atom. The predicted molar refractivity (Wildman–Crippen MR) is 249 cm³/mol. The summed E-state index contributed by atoms with van der Waals surface area (Å²) in [5.74, 6) is -0.213. The number of carbonyl (C=O) groups excluding carboxylic acids is 1. The minimum absolute atomic E-state index is 0.0490. The van der Waals surface area contributed by atoms with Gasteiger partial charge in [-0.05, 0) is 83.5 Å². The summed E-state index contributed by atoms with van der Waals surface area (Å²) >= 11 is 0. The molecule has 0 fully saturated rings. The van der Waals surface area contributed by atoms with Gasteiger partial charge in [0, 0.05) is 6.42 Å². The maximum absolute atomic E-state index is 12.8. The highest BCUT2D eigenvalue weighted by Gasteiger charge is 2.27. The molecule has 8 nitrogen and oxygen atoms in total. The Kier molecular flexibility index (Phi) is 37.7. The number of nitrogens with one attached hydrogen (secondary N) is 1. The number of amides is 1. The highest BCUT2D eigenvalue weighted by molar-refractivity contribution is 7.47. The zero-order valence-electron chi connectivity index (χ0n) is 37.2. The zero-order valence-corrected chi connectivity index (χ0v) is 38.1. The fourth-order valence-corrected chi connectivity index (χ4v) is 6.20. The quantitative estimate of drug-likeness (QED) is 0.0248. The van der Waals surface area contributed by atoms with E-state index in [0.717, 1.165) is 103 Å². The van der Waals surface area contributed by atoms with Crippen LogP contribution in [0.4, 0.5) is 0 Å². The first-order chi connectivity index (χ1) is 28.0. The number of quaternary nitrogens is 1. The van der Waals surface area contributed by atoms with Crippen LogP contribution < -0.4 is 5.32 Å². The third-order valence-electron chi connectivity index (χ3n) is 9.00. The largest absolute Gasteiger partial charge is 0.472 e. The molecule has 330 valence electrons. The first kappa shape index (κ1) is 55.2. The summed E-state index contributed by atoms with van der Waals surface area (Å²) in [6.07, 6.45) is 57.6. The van der Waals surface area contributed by atoms with E-state index >= 15 is 0 Å². The molecule has 58 heavy (non-hydrogen) atoms. The maximum Gasteiger partial charge on any atom is 0.472 e. The van der Waals surface area contributed by atoms with Crippen LogP contribution in [0.5, 0.6) is 0 Å². The monoisotopic (exact) mass is 828 g/mol. The Morgan fingerprint density at radius 3 is 1.50 bits per heavy atom.